The maximum absolute atomic E-state index is 12.0. The summed E-state index contributed by atoms with van der Waals surface area (Å²) < 4.78 is 7.71. The number of methoxy groups -OCH3 is 1. The number of carbonyl (C=O) groups excluding carboxylic acids is 1. The number of carbonyl (C=O) groups is 1. The van der Waals surface area contributed by atoms with Gasteiger partial charge in [0.15, 0.2) is 10.2 Å². The molecule has 120 valence electrons. The highest BCUT2D eigenvalue weighted by molar-refractivity contribution is 8.01. The van der Waals surface area contributed by atoms with Crippen molar-refractivity contribution in [2.75, 3.05) is 19.5 Å². The molecule has 1 atom stereocenters. The summed E-state index contributed by atoms with van der Waals surface area (Å²) in [7, 11) is 1.64. The molecule has 2 aromatic rings. The van der Waals surface area contributed by atoms with E-state index in [1.807, 2.05) is 18.4 Å². The number of ether oxygens (including phenoxy) is 1. The molecule has 0 aliphatic carbocycles. The molecule has 2 rings (SSSR count). The molecule has 1 amide bonds. The fourth-order valence-corrected chi connectivity index (χ4v) is 3.40. The molecule has 0 unspecified atom stereocenters. The van der Waals surface area contributed by atoms with Gasteiger partial charge in [0.2, 0.25) is 5.91 Å². The standard InChI is InChI=1S/C12H18N6O2S2/c1-8(11-16-13-7-18(11)4-5-20-3)14-10(19)6-21-12-17-15-9(2)22-12/h7-8H,4-6H2,1-3H3,(H,14,19)/t8-/m1/s1. The minimum Gasteiger partial charge on any atom is -0.383 e. The van der Waals surface area contributed by atoms with Crippen LogP contribution in [0.1, 0.15) is 23.8 Å². The van der Waals surface area contributed by atoms with E-state index in [9.17, 15) is 4.79 Å². The Morgan fingerprint density at radius 3 is 3.00 bits per heavy atom. The van der Waals surface area contributed by atoms with E-state index in [1.165, 1.54) is 23.1 Å². The zero-order valence-electron chi connectivity index (χ0n) is 12.6. The van der Waals surface area contributed by atoms with Crippen LogP contribution in [0, 0.1) is 6.92 Å². The molecule has 0 radical (unpaired) electrons. The number of aryl methyl sites for hydroxylation is 1. The number of nitrogens with zero attached hydrogens (tertiary/aromatic N) is 5. The quantitative estimate of drug-likeness (QED) is 0.717. The number of rotatable bonds is 8. The molecule has 2 heterocycles. The van der Waals surface area contributed by atoms with Crippen LogP contribution in [0.2, 0.25) is 0 Å². The number of hydrogen-bond acceptors (Lipinski definition) is 8. The second-order valence-electron chi connectivity index (χ2n) is 4.54. The zero-order chi connectivity index (χ0) is 15.9. The van der Waals surface area contributed by atoms with Gasteiger partial charge in [-0.1, -0.05) is 23.1 Å². The lowest BCUT2D eigenvalue weighted by Crippen LogP contribution is -2.30. The number of thioether (sulfide) groups is 1. The third kappa shape index (κ3) is 4.75. The average Bonchev–Trinajstić information content (AvgIpc) is 3.11. The van der Waals surface area contributed by atoms with Crippen LogP contribution >= 0.6 is 23.1 Å². The first-order valence-corrected chi connectivity index (χ1v) is 8.49. The second-order valence-corrected chi connectivity index (χ2v) is 6.94. The summed E-state index contributed by atoms with van der Waals surface area (Å²) >= 11 is 2.85. The summed E-state index contributed by atoms with van der Waals surface area (Å²) in [4.78, 5) is 12.0. The van der Waals surface area contributed by atoms with E-state index in [4.69, 9.17) is 4.74 Å². The van der Waals surface area contributed by atoms with Crippen LogP contribution in [0.25, 0.3) is 0 Å². The van der Waals surface area contributed by atoms with Crippen molar-refractivity contribution in [2.24, 2.45) is 0 Å². The first-order valence-electron chi connectivity index (χ1n) is 6.69. The maximum Gasteiger partial charge on any atom is 0.231 e. The summed E-state index contributed by atoms with van der Waals surface area (Å²) in [5.41, 5.74) is 0. The van der Waals surface area contributed by atoms with Crippen molar-refractivity contribution in [3.05, 3.63) is 17.2 Å². The van der Waals surface area contributed by atoms with Crippen LogP contribution < -0.4 is 5.32 Å². The van der Waals surface area contributed by atoms with Crippen molar-refractivity contribution in [3.63, 3.8) is 0 Å². The fraction of sp³-hybridized carbons (Fsp3) is 0.583. The van der Waals surface area contributed by atoms with Gasteiger partial charge in [-0.25, -0.2) is 0 Å². The summed E-state index contributed by atoms with van der Waals surface area (Å²) in [6.45, 7) is 4.98. The summed E-state index contributed by atoms with van der Waals surface area (Å²) in [6, 6.07) is -0.219. The van der Waals surface area contributed by atoms with Gasteiger partial charge in [-0.15, -0.1) is 20.4 Å². The van der Waals surface area contributed by atoms with E-state index in [1.54, 1.807) is 13.4 Å². The Morgan fingerprint density at radius 1 is 1.50 bits per heavy atom. The second kappa shape index (κ2) is 8.20. The van der Waals surface area contributed by atoms with Crippen LogP contribution in [0.5, 0.6) is 0 Å². The molecular formula is C12H18N6O2S2. The molecule has 0 aliphatic rings. The Balaban J connectivity index is 1.84. The normalized spacial score (nSPS) is 12.3. The third-order valence-corrected chi connectivity index (χ3v) is 4.75. The van der Waals surface area contributed by atoms with Crippen LogP contribution in [0.15, 0.2) is 10.7 Å². The predicted molar refractivity (Wildman–Crippen MR) is 83.8 cm³/mol. The molecule has 0 aliphatic heterocycles. The monoisotopic (exact) mass is 342 g/mol. The highest BCUT2D eigenvalue weighted by Crippen LogP contribution is 2.21. The number of aromatic nitrogens is 5. The Hall–Kier alpha value is -1.52. The van der Waals surface area contributed by atoms with E-state index >= 15 is 0 Å². The Kier molecular flexibility index (Phi) is 6.28. The molecule has 0 spiro atoms. The smallest absolute Gasteiger partial charge is 0.231 e. The topological polar surface area (TPSA) is 94.8 Å². The molecule has 0 saturated carbocycles. The number of amides is 1. The van der Waals surface area contributed by atoms with E-state index in [0.29, 0.717) is 24.7 Å². The lowest BCUT2D eigenvalue weighted by Gasteiger charge is -2.14. The van der Waals surface area contributed by atoms with Gasteiger partial charge in [0.25, 0.3) is 0 Å². The Bertz CT molecular complexity index is 614. The number of hydrogen-bond donors (Lipinski definition) is 1. The number of nitrogens with one attached hydrogen (secondary N) is 1. The van der Waals surface area contributed by atoms with E-state index < -0.39 is 0 Å². The van der Waals surface area contributed by atoms with E-state index in [0.717, 1.165) is 9.35 Å². The van der Waals surface area contributed by atoms with Gasteiger partial charge in [-0.3, -0.25) is 4.79 Å². The van der Waals surface area contributed by atoms with Gasteiger partial charge < -0.3 is 14.6 Å². The van der Waals surface area contributed by atoms with Gasteiger partial charge in [-0.2, -0.15) is 0 Å². The summed E-state index contributed by atoms with van der Waals surface area (Å²) in [6.07, 6.45) is 1.63. The van der Waals surface area contributed by atoms with Gasteiger partial charge in [-0.05, 0) is 13.8 Å². The van der Waals surface area contributed by atoms with Crippen molar-refractivity contribution < 1.29 is 9.53 Å². The molecule has 0 fully saturated rings. The minimum absolute atomic E-state index is 0.0772. The molecular weight excluding hydrogens is 324 g/mol. The molecule has 2 aromatic heterocycles. The minimum atomic E-state index is -0.219. The van der Waals surface area contributed by atoms with Crippen molar-refractivity contribution in [3.8, 4) is 0 Å². The first kappa shape index (κ1) is 16.8. The molecule has 22 heavy (non-hydrogen) atoms. The predicted octanol–water partition coefficient (Wildman–Crippen LogP) is 1.05. The first-order chi connectivity index (χ1) is 10.6. The van der Waals surface area contributed by atoms with Crippen LogP contribution in [-0.2, 0) is 16.1 Å². The molecule has 10 heteroatoms. The average molecular weight is 342 g/mol. The Labute approximate surface area is 136 Å². The van der Waals surface area contributed by atoms with E-state index in [2.05, 4.69) is 25.7 Å². The van der Waals surface area contributed by atoms with Crippen molar-refractivity contribution in [1.82, 2.24) is 30.3 Å². The summed E-state index contributed by atoms with van der Waals surface area (Å²) in [5, 5.41) is 19.6. The van der Waals surface area contributed by atoms with Gasteiger partial charge in [0.05, 0.1) is 18.4 Å². The van der Waals surface area contributed by atoms with Gasteiger partial charge in [0, 0.05) is 13.7 Å². The van der Waals surface area contributed by atoms with Gasteiger partial charge in [0.1, 0.15) is 11.3 Å². The third-order valence-electron chi connectivity index (χ3n) is 2.78. The summed E-state index contributed by atoms with van der Waals surface area (Å²) in [5.74, 6) is 0.930. The van der Waals surface area contributed by atoms with Crippen molar-refractivity contribution >= 4 is 29.0 Å². The maximum atomic E-state index is 12.0. The van der Waals surface area contributed by atoms with Crippen molar-refractivity contribution in [2.45, 2.75) is 30.8 Å². The highest BCUT2D eigenvalue weighted by atomic mass is 32.2. The van der Waals surface area contributed by atoms with E-state index in [-0.39, 0.29) is 11.9 Å². The lowest BCUT2D eigenvalue weighted by molar-refractivity contribution is -0.119. The van der Waals surface area contributed by atoms with Crippen LogP contribution in [0.4, 0.5) is 0 Å². The van der Waals surface area contributed by atoms with Gasteiger partial charge >= 0.3 is 0 Å². The lowest BCUT2D eigenvalue weighted by atomic mass is 10.3. The Morgan fingerprint density at radius 2 is 2.32 bits per heavy atom. The highest BCUT2D eigenvalue weighted by Gasteiger charge is 2.16. The molecule has 1 N–H and O–H groups in total. The molecule has 8 nitrogen and oxygen atoms in total. The van der Waals surface area contributed by atoms with Crippen molar-refractivity contribution in [1.29, 1.82) is 0 Å². The SMILES string of the molecule is COCCn1cnnc1[C@@H](C)NC(=O)CSc1nnc(C)s1. The zero-order valence-corrected chi connectivity index (χ0v) is 14.3. The molecule has 0 bridgehead atoms. The fourth-order valence-electron chi connectivity index (χ4n) is 1.77. The molecule has 0 aromatic carbocycles. The van der Waals surface area contributed by atoms with Crippen LogP contribution in [-0.4, -0.2) is 50.3 Å². The van der Waals surface area contributed by atoms with Crippen LogP contribution in [0.3, 0.4) is 0 Å². The largest absolute Gasteiger partial charge is 0.383 e. The molecule has 0 saturated heterocycles.